The van der Waals surface area contributed by atoms with Gasteiger partial charge in [0.05, 0.1) is 17.3 Å². The Labute approximate surface area is 142 Å². The van der Waals surface area contributed by atoms with Crippen molar-refractivity contribution in [2.75, 3.05) is 0 Å². The molecule has 1 aliphatic rings. The minimum absolute atomic E-state index is 0.0524. The molecule has 0 bridgehead atoms. The molecule has 1 fully saturated rings. The van der Waals surface area contributed by atoms with E-state index < -0.39 is 0 Å². The van der Waals surface area contributed by atoms with Gasteiger partial charge in [-0.25, -0.2) is 4.79 Å². The Bertz CT molecular complexity index is 1080. The van der Waals surface area contributed by atoms with Crippen LogP contribution in [-0.2, 0) is 0 Å². The van der Waals surface area contributed by atoms with Crippen LogP contribution in [0.15, 0.2) is 50.3 Å². The number of benzene rings is 1. The highest BCUT2D eigenvalue weighted by Gasteiger charge is 2.21. The van der Waals surface area contributed by atoms with Crippen LogP contribution >= 0.6 is 0 Å². The molecule has 25 heavy (non-hydrogen) atoms. The maximum atomic E-state index is 12.4. The molecule has 7 heteroatoms. The number of H-pyrrole nitrogens is 1. The Morgan fingerprint density at radius 1 is 1.20 bits per heavy atom. The molecule has 3 aromatic heterocycles. The molecule has 126 valence electrons. The van der Waals surface area contributed by atoms with E-state index in [-0.39, 0.29) is 5.69 Å². The van der Waals surface area contributed by atoms with Gasteiger partial charge in [-0.1, -0.05) is 18.0 Å². The largest absolute Gasteiger partial charge is 0.459 e. The molecule has 5 rings (SSSR count). The van der Waals surface area contributed by atoms with E-state index in [4.69, 9.17) is 8.94 Å². The standard InChI is InChI=1S/C18H16N4O3/c23-18-19-13-10-11(7-8-14(13)22(18)12-4-1-2-5-12)16-20-17(25-21-16)15-6-3-9-24-15/h3,6-10,12H,1-2,4-5H2,(H,19,23). The van der Waals surface area contributed by atoms with E-state index in [0.29, 0.717) is 23.5 Å². The molecule has 0 spiro atoms. The zero-order valence-corrected chi connectivity index (χ0v) is 13.4. The number of furan rings is 1. The lowest BCUT2D eigenvalue weighted by Crippen LogP contribution is -2.20. The number of aromatic amines is 1. The highest BCUT2D eigenvalue weighted by Crippen LogP contribution is 2.31. The number of aromatic nitrogens is 4. The highest BCUT2D eigenvalue weighted by molar-refractivity contribution is 5.80. The van der Waals surface area contributed by atoms with Crippen LogP contribution in [0.2, 0.25) is 0 Å². The first-order valence-corrected chi connectivity index (χ1v) is 8.42. The van der Waals surface area contributed by atoms with Crippen LogP contribution in [0.5, 0.6) is 0 Å². The van der Waals surface area contributed by atoms with Crippen molar-refractivity contribution < 1.29 is 8.94 Å². The lowest BCUT2D eigenvalue weighted by molar-refractivity contribution is 0.417. The number of nitrogens with zero attached hydrogens (tertiary/aromatic N) is 3. The van der Waals surface area contributed by atoms with Crippen molar-refractivity contribution in [2.24, 2.45) is 0 Å². The van der Waals surface area contributed by atoms with Crippen LogP contribution in [0.4, 0.5) is 0 Å². The maximum Gasteiger partial charge on any atom is 0.326 e. The third kappa shape index (κ3) is 2.31. The fourth-order valence-corrected chi connectivity index (χ4v) is 3.64. The Morgan fingerprint density at radius 2 is 2.08 bits per heavy atom. The predicted molar refractivity (Wildman–Crippen MR) is 91.1 cm³/mol. The Kier molecular flexibility index (Phi) is 3.12. The molecule has 1 aliphatic carbocycles. The van der Waals surface area contributed by atoms with Crippen molar-refractivity contribution in [3.05, 3.63) is 47.1 Å². The molecular formula is C18H16N4O3. The molecule has 3 heterocycles. The lowest BCUT2D eigenvalue weighted by atomic mass is 10.1. The van der Waals surface area contributed by atoms with Gasteiger partial charge in [0.2, 0.25) is 5.82 Å². The molecule has 7 nitrogen and oxygen atoms in total. The van der Waals surface area contributed by atoms with Crippen LogP contribution in [0.3, 0.4) is 0 Å². The fraction of sp³-hybridized carbons (Fsp3) is 0.278. The second-order valence-electron chi connectivity index (χ2n) is 6.37. The van der Waals surface area contributed by atoms with Crippen LogP contribution in [0.25, 0.3) is 34.1 Å². The minimum atomic E-state index is -0.0524. The summed E-state index contributed by atoms with van der Waals surface area (Å²) in [6.07, 6.45) is 6.04. The van der Waals surface area contributed by atoms with E-state index in [1.807, 2.05) is 22.8 Å². The van der Waals surface area contributed by atoms with Gasteiger partial charge in [-0.3, -0.25) is 4.57 Å². The summed E-state index contributed by atoms with van der Waals surface area (Å²) >= 11 is 0. The normalized spacial score (nSPS) is 15.4. The topological polar surface area (TPSA) is 89.8 Å². The zero-order chi connectivity index (χ0) is 16.8. The van der Waals surface area contributed by atoms with Gasteiger partial charge in [0, 0.05) is 11.6 Å². The van der Waals surface area contributed by atoms with Crippen LogP contribution in [0.1, 0.15) is 31.7 Å². The SMILES string of the molecule is O=c1[nH]c2cc(-c3noc(-c4ccco4)n3)ccc2n1C1CCCC1. The molecule has 1 aromatic carbocycles. The predicted octanol–water partition coefficient (Wildman–Crippen LogP) is 3.75. The van der Waals surface area contributed by atoms with E-state index in [1.165, 1.54) is 12.8 Å². The second-order valence-corrected chi connectivity index (χ2v) is 6.37. The van der Waals surface area contributed by atoms with Gasteiger partial charge < -0.3 is 13.9 Å². The van der Waals surface area contributed by atoms with Crippen molar-refractivity contribution in [2.45, 2.75) is 31.7 Å². The number of imidazole rings is 1. The Morgan fingerprint density at radius 3 is 2.88 bits per heavy atom. The molecule has 0 aliphatic heterocycles. The van der Waals surface area contributed by atoms with E-state index in [2.05, 4.69) is 15.1 Å². The summed E-state index contributed by atoms with van der Waals surface area (Å²) in [7, 11) is 0. The van der Waals surface area contributed by atoms with Gasteiger partial charge in [0.25, 0.3) is 5.89 Å². The van der Waals surface area contributed by atoms with Crippen molar-refractivity contribution in [1.82, 2.24) is 19.7 Å². The summed E-state index contributed by atoms with van der Waals surface area (Å²) in [6, 6.07) is 9.57. The monoisotopic (exact) mass is 336 g/mol. The molecule has 0 atom stereocenters. The molecule has 1 saturated carbocycles. The number of rotatable bonds is 3. The second kappa shape index (κ2) is 5.47. The van der Waals surface area contributed by atoms with E-state index in [9.17, 15) is 4.79 Å². The first kappa shape index (κ1) is 14.3. The van der Waals surface area contributed by atoms with Gasteiger partial charge in [-0.05, 0) is 43.2 Å². The Balaban J connectivity index is 1.56. The van der Waals surface area contributed by atoms with Gasteiger partial charge in [-0.15, -0.1) is 0 Å². The van der Waals surface area contributed by atoms with Gasteiger partial charge in [-0.2, -0.15) is 4.98 Å². The molecule has 1 N–H and O–H groups in total. The molecule has 0 unspecified atom stereocenters. The summed E-state index contributed by atoms with van der Waals surface area (Å²) < 4.78 is 12.4. The van der Waals surface area contributed by atoms with Crippen LogP contribution in [-0.4, -0.2) is 19.7 Å². The lowest BCUT2D eigenvalue weighted by Gasteiger charge is -2.11. The maximum absolute atomic E-state index is 12.4. The van der Waals surface area contributed by atoms with Crippen LogP contribution < -0.4 is 5.69 Å². The Hall–Kier alpha value is -3.09. The number of fused-ring (bicyclic) bond motifs is 1. The quantitative estimate of drug-likeness (QED) is 0.615. The third-order valence-electron chi connectivity index (χ3n) is 4.82. The molecule has 0 saturated heterocycles. The van der Waals surface area contributed by atoms with Crippen molar-refractivity contribution >= 4 is 11.0 Å². The molecule has 0 radical (unpaired) electrons. The average molecular weight is 336 g/mol. The molecule has 4 aromatic rings. The summed E-state index contributed by atoms with van der Waals surface area (Å²) in [5.74, 6) is 1.32. The summed E-state index contributed by atoms with van der Waals surface area (Å²) in [5, 5.41) is 4.01. The number of hydrogen-bond donors (Lipinski definition) is 1. The van der Waals surface area contributed by atoms with Gasteiger partial charge in [0.15, 0.2) is 5.76 Å². The van der Waals surface area contributed by atoms with Crippen molar-refractivity contribution in [3.8, 4) is 23.0 Å². The highest BCUT2D eigenvalue weighted by atomic mass is 16.5. The van der Waals surface area contributed by atoms with E-state index in [0.717, 1.165) is 29.4 Å². The van der Waals surface area contributed by atoms with Crippen LogP contribution in [0, 0.1) is 0 Å². The summed E-state index contributed by atoms with van der Waals surface area (Å²) in [5.41, 5.74) is 2.45. The summed E-state index contributed by atoms with van der Waals surface area (Å²) in [4.78, 5) is 19.7. The zero-order valence-electron chi connectivity index (χ0n) is 13.4. The smallest absolute Gasteiger partial charge is 0.326 e. The first-order chi connectivity index (χ1) is 12.3. The summed E-state index contributed by atoms with van der Waals surface area (Å²) in [6.45, 7) is 0. The first-order valence-electron chi connectivity index (χ1n) is 8.42. The fourth-order valence-electron chi connectivity index (χ4n) is 3.64. The van der Waals surface area contributed by atoms with Gasteiger partial charge in [0.1, 0.15) is 0 Å². The third-order valence-corrected chi connectivity index (χ3v) is 4.82. The number of nitrogens with one attached hydrogen (secondary N) is 1. The molecular weight excluding hydrogens is 320 g/mol. The number of hydrogen-bond acceptors (Lipinski definition) is 5. The average Bonchev–Trinajstić information content (AvgIpc) is 3.38. The molecule has 0 amide bonds. The van der Waals surface area contributed by atoms with E-state index in [1.54, 1.807) is 18.4 Å². The van der Waals surface area contributed by atoms with Crippen molar-refractivity contribution in [1.29, 1.82) is 0 Å². The minimum Gasteiger partial charge on any atom is -0.459 e. The van der Waals surface area contributed by atoms with E-state index >= 15 is 0 Å². The van der Waals surface area contributed by atoms with Gasteiger partial charge >= 0.3 is 5.69 Å². The van der Waals surface area contributed by atoms with Crippen molar-refractivity contribution in [3.63, 3.8) is 0 Å².